The average molecular weight is 1580 g/mol. The molecule has 0 aromatic carbocycles. The van der Waals surface area contributed by atoms with Crippen molar-refractivity contribution in [3.05, 3.63) is 0 Å². The highest BCUT2D eigenvalue weighted by Crippen LogP contribution is 2.32. The van der Waals surface area contributed by atoms with E-state index in [9.17, 15) is 0 Å². The molecule has 11 aliphatic heterocycles. The second kappa shape index (κ2) is 63.6. The molecule has 0 spiro atoms. The Balaban J connectivity index is 0. The van der Waals surface area contributed by atoms with E-state index in [1.807, 2.05) is 0 Å². The predicted octanol–water partition coefficient (Wildman–Crippen LogP) is 30.4. The first-order valence-corrected chi connectivity index (χ1v) is 49.5. The van der Waals surface area contributed by atoms with E-state index in [1.54, 1.807) is 0 Å². The summed E-state index contributed by atoms with van der Waals surface area (Å²) in [5.74, 6) is 3.00. The van der Waals surface area contributed by atoms with Gasteiger partial charge < -0.3 is 19.9 Å². The number of hydrogen-bond donors (Lipinski definition) is 1. The summed E-state index contributed by atoms with van der Waals surface area (Å²) >= 11 is 0. The first kappa shape index (κ1) is 114. The molecule has 0 radical (unpaired) electrons. The third kappa shape index (κ3) is 84.7. The van der Waals surface area contributed by atoms with Crippen LogP contribution in [-0.2, 0) is 4.74 Å². The SMILES string of the molecule is C1CC2CC1CN2.C1CCCC1.C1CCCCC1.C1CCCCCC1.C1CCN2CCCC2C1.C1CCOCC1.C1CN2CCC1CC2.CC(C)(C)C.CC(C)(C)C.CC(C)(C)C.CC(C)(C)C.CC(C)(C)C.CC(C)(C)C.CC(C)(C)N1CCCC2CCCN2CC1.CC(C)(C)N1CCN2CCCCCC2C1.CC(C)C. The van der Waals surface area contributed by atoms with Gasteiger partial charge in [0, 0.05) is 81.2 Å². The van der Waals surface area contributed by atoms with Gasteiger partial charge in [0.1, 0.15) is 0 Å². The van der Waals surface area contributed by atoms with Gasteiger partial charge in [-0.25, -0.2) is 0 Å². The van der Waals surface area contributed by atoms with Gasteiger partial charge in [0.15, 0.2) is 0 Å². The fourth-order valence-corrected chi connectivity index (χ4v) is 15.7. The Morgan fingerprint density at radius 1 is 0.250 bits per heavy atom. The van der Waals surface area contributed by atoms with Crippen molar-refractivity contribution < 1.29 is 4.74 Å². The van der Waals surface area contributed by atoms with Gasteiger partial charge in [0.25, 0.3) is 0 Å². The van der Waals surface area contributed by atoms with Crippen LogP contribution in [0.5, 0.6) is 0 Å². The number of nitrogens with zero attached hydrogens (tertiary/aromatic N) is 6. The number of piperazine rings is 1. The molecule has 15 aliphatic rings. The zero-order valence-corrected chi connectivity index (χ0v) is 84.2. The van der Waals surface area contributed by atoms with Crippen LogP contribution in [0.3, 0.4) is 0 Å². The van der Waals surface area contributed by atoms with Gasteiger partial charge in [-0.2, -0.15) is 0 Å². The van der Waals surface area contributed by atoms with Crippen LogP contribution in [0.1, 0.15) is 485 Å². The lowest BCUT2D eigenvalue weighted by molar-refractivity contribution is 0.0233. The molecule has 4 saturated carbocycles. The van der Waals surface area contributed by atoms with Crippen LogP contribution in [0, 0.1) is 50.2 Å². The quantitative estimate of drug-likeness (QED) is 0.241. The molecule has 11 heterocycles. The number of ether oxygens (including phenoxy) is 1. The Morgan fingerprint density at radius 3 is 0.768 bits per heavy atom. The number of hydrogen-bond acceptors (Lipinski definition) is 8. The van der Waals surface area contributed by atoms with Crippen molar-refractivity contribution in [1.29, 1.82) is 0 Å². The van der Waals surface area contributed by atoms with E-state index in [1.165, 1.54) is 348 Å². The molecular weight excluding hydrogens is 1360 g/mol. The van der Waals surface area contributed by atoms with Gasteiger partial charge in [0.05, 0.1) is 0 Å². The van der Waals surface area contributed by atoms with E-state index in [4.69, 9.17) is 4.74 Å². The second-order valence-corrected chi connectivity index (χ2v) is 49.2. The number of piperidine rings is 5. The van der Waals surface area contributed by atoms with Crippen LogP contribution in [0.25, 0.3) is 0 Å². The summed E-state index contributed by atoms with van der Waals surface area (Å²) in [5.41, 5.74) is 3.71. The lowest BCUT2D eigenvalue weighted by Crippen LogP contribution is -2.57. The summed E-state index contributed by atoms with van der Waals surface area (Å²) in [4.78, 5) is 16.0. The summed E-state index contributed by atoms with van der Waals surface area (Å²) in [6, 6.07) is 3.69. The topological polar surface area (TPSA) is 40.7 Å². The highest BCUT2D eigenvalue weighted by Gasteiger charge is 2.34. The number of fused-ring (bicyclic) bond motifs is 8. The van der Waals surface area contributed by atoms with Crippen molar-refractivity contribution in [2.45, 2.75) is 521 Å². The van der Waals surface area contributed by atoms with Crippen LogP contribution in [-0.4, -0.2) is 169 Å². The van der Waals surface area contributed by atoms with Crippen LogP contribution in [0.4, 0.5) is 0 Å². The maximum absolute atomic E-state index is 5.07. The summed E-state index contributed by atoms with van der Waals surface area (Å²) in [7, 11) is 0. The zero-order chi connectivity index (χ0) is 85.5. The number of nitrogens with one attached hydrogen (secondary N) is 1. The van der Waals surface area contributed by atoms with E-state index >= 15 is 0 Å². The smallest absolute Gasteiger partial charge is 0.0466 e. The van der Waals surface area contributed by atoms with Gasteiger partial charge in [-0.1, -0.05) is 322 Å². The van der Waals surface area contributed by atoms with Crippen molar-refractivity contribution >= 4 is 0 Å². The van der Waals surface area contributed by atoms with Gasteiger partial charge in [-0.3, -0.25) is 19.6 Å². The van der Waals surface area contributed by atoms with Gasteiger partial charge in [-0.15, -0.1) is 0 Å². The zero-order valence-electron chi connectivity index (χ0n) is 84.2. The van der Waals surface area contributed by atoms with Gasteiger partial charge in [-0.05, 0) is 273 Å². The molecule has 5 atom stereocenters. The summed E-state index contributed by atoms with van der Waals surface area (Å²) < 4.78 is 5.07. The Kier molecular flexibility index (Phi) is 64.6. The monoisotopic (exact) mass is 1580 g/mol. The first-order valence-electron chi connectivity index (χ1n) is 49.5. The molecule has 676 valence electrons. The van der Waals surface area contributed by atoms with E-state index < -0.39 is 0 Å². The molecule has 4 bridgehead atoms. The minimum absolute atomic E-state index is 0.354. The highest BCUT2D eigenvalue weighted by molar-refractivity contribution is 4.91. The van der Waals surface area contributed by atoms with Crippen molar-refractivity contribution in [2.24, 2.45) is 50.2 Å². The lowest BCUT2D eigenvalue weighted by atomic mass is 9.89. The summed E-state index contributed by atoms with van der Waals surface area (Å²) in [6.45, 7) is 93.8. The third-order valence-electron chi connectivity index (χ3n) is 21.2. The largest absolute Gasteiger partial charge is 0.381 e. The van der Waals surface area contributed by atoms with Gasteiger partial charge >= 0.3 is 0 Å². The van der Waals surface area contributed by atoms with E-state index in [0.717, 1.165) is 55.1 Å². The van der Waals surface area contributed by atoms with Crippen molar-refractivity contribution in [3.63, 3.8) is 0 Å². The Labute approximate surface area is 711 Å². The molecule has 15 fully saturated rings. The molecule has 4 aliphatic carbocycles. The van der Waals surface area contributed by atoms with Gasteiger partial charge in [0.2, 0.25) is 0 Å². The molecule has 8 nitrogen and oxygen atoms in total. The molecule has 112 heavy (non-hydrogen) atoms. The Bertz CT molecular complexity index is 1770. The predicted molar refractivity (Wildman–Crippen MR) is 511 cm³/mol. The van der Waals surface area contributed by atoms with Crippen LogP contribution < -0.4 is 5.32 Å². The molecule has 15 rings (SSSR count). The molecule has 5 unspecified atom stereocenters. The van der Waals surface area contributed by atoms with E-state index in [0.29, 0.717) is 43.6 Å². The standard InChI is InChI=1S/2C13H26N2.C8H15N.C7H13N.C7H14.C6H11N.C6H12.C5H10O.C5H10.6C5H12.C4H10/c1-13(2,3)15-9-5-7-12-6-4-8-14(12)10-11-15;1-13(2,3)15-10-9-14-8-6-4-5-7-12(14)11-15;1-2-6-9-7-3-5-8(9)4-1;1-4-8-5-2-7(1)3-6-8;1-2-4-6-7-5-3-1;1-2-6-3-5(1)4-7-6;2*1-2-4-6-5-3-1;1-2-4-5-3-1;6*1-5(2,3)4;1-4(2)3/h2*12H,4-11H2,1-3H3;8H,1-7H2;7H,1-6H2;1-7H2;5-7H,1-4H2;1-6H2;1-5H2;1-5H2;6*1-4H3;4H,1-3H3. The van der Waals surface area contributed by atoms with Crippen molar-refractivity contribution in [2.75, 3.05) is 105 Å². The molecule has 11 saturated heterocycles. The third-order valence-corrected chi connectivity index (χ3v) is 21.2. The molecular formula is C104H219N7O. The minimum Gasteiger partial charge on any atom is -0.381 e. The van der Waals surface area contributed by atoms with E-state index in [-0.39, 0.29) is 0 Å². The van der Waals surface area contributed by atoms with E-state index in [2.05, 4.69) is 263 Å². The fraction of sp³-hybridized carbons (Fsp3) is 1.00. The Hall–Kier alpha value is -0.320. The average Bonchev–Trinajstić information content (AvgIpc) is 1.11. The number of rotatable bonds is 0. The minimum atomic E-state index is 0.354. The lowest BCUT2D eigenvalue weighted by Gasteiger charge is -2.46. The molecule has 0 aromatic heterocycles. The first-order chi connectivity index (χ1) is 51.7. The summed E-state index contributed by atoms with van der Waals surface area (Å²) in [5, 5.41) is 3.46. The normalized spacial score (nSPS) is 26.1. The fourth-order valence-electron chi connectivity index (χ4n) is 15.7. The van der Waals surface area contributed by atoms with Crippen molar-refractivity contribution in [3.8, 4) is 0 Å². The molecule has 0 aromatic rings. The molecule has 0 amide bonds. The molecule has 8 heteroatoms. The second-order valence-electron chi connectivity index (χ2n) is 49.2. The Morgan fingerprint density at radius 2 is 0.518 bits per heavy atom. The molecule has 1 N–H and O–H groups in total. The van der Waals surface area contributed by atoms with Crippen LogP contribution >= 0.6 is 0 Å². The van der Waals surface area contributed by atoms with Crippen LogP contribution in [0.15, 0.2) is 0 Å². The van der Waals surface area contributed by atoms with Crippen molar-refractivity contribution in [1.82, 2.24) is 34.7 Å². The summed E-state index contributed by atoms with van der Waals surface area (Å²) in [6.07, 6.45) is 58.6. The maximum Gasteiger partial charge on any atom is 0.0466 e. The maximum atomic E-state index is 5.07. The van der Waals surface area contributed by atoms with Crippen LogP contribution in [0.2, 0.25) is 0 Å². The highest BCUT2D eigenvalue weighted by atomic mass is 16.5.